The molecule has 0 heterocycles. The first-order chi connectivity index (χ1) is 11.4. The van der Waals surface area contributed by atoms with Crippen molar-refractivity contribution in [3.8, 4) is 0 Å². The molecule has 4 nitrogen and oxygen atoms in total. The fourth-order valence-electron chi connectivity index (χ4n) is 2.19. The molecule has 5 heteroatoms. The summed E-state index contributed by atoms with van der Waals surface area (Å²) in [5.74, 6) is -1.44. The van der Waals surface area contributed by atoms with E-state index in [1.165, 1.54) is 38.5 Å². The van der Waals surface area contributed by atoms with Crippen molar-refractivity contribution in [2.45, 2.75) is 105 Å². The Morgan fingerprint density at radius 1 is 0.875 bits per heavy atom. The monoisotopic (exact) mass is 451 g/mol. The molecule has 0 aromatic heterocycles. The second-order valence-corrected chi connectivity index (χ2v) is 15.1. The Kier molecular flexibility index (Phi) is 20.6. The molecule has 0 rings (SSSR count). The molecule has 0 saturated heterocycles. The Hall–Kier alpha value is -0.261. The number of aliphatic carboxylic acids is 1. The summed E-state index contributed by atoms with van der Waals surface area (Å²) in [7, 11) is 0. The van der Waals surface area contributed by atoms with Crippen LogP contribution in [0.2, 0.25) is 13.3 Å². The number of rotatable bonds is 13. The predicted octanol–water partition coefficient (Wildman–Crippen LogP) is 5.68. The molecule has 0 unspecified atom stereocenters. The minimum absolute atomic E-state index is 0.0481. The van der Waals surface area contributed by atoms with Gasteiger partial charge in [-0.25, -0.2) is 0 Å². The number of ether oxygens (including phenoxy) is 1. The van der Waals surface area contributed by atoms with Gasteiger partial charge in [0.1, 0.15) is 0 Å². The van der Waals surface area contributed by atoms with Crippen LogP contribution in [-0.4, -0.2) is 42.9 Å². The standard InChI is InChI=1S/C7H12O4.3C4H9.Sn/c1-5(2)11-7(10)4-3-6(8)9;3*1-3-4-2;/h5H,3-4H2,1-2H3,(H,8,9);3*1,3-4H2,2H3;. The van der Waals surface area contributed by atoms with E-state index in [0.717, 1.165) is 0 Å². The second kappa shape index (κ2) is 19.1. The van der Waals surface area contributed by atoms with Crippen molar-refractivity contribution in [2.75, 3.05) is 0 Å². The van der Waals surface area contributed by atoms with E-state index < -0.39 is 31.7 Å². The van der Waals surface area contributed by atoms with E-state index >= 15 is 0 Å². The number of carboxylic acids is 1. The van der Waals surface area contributed by atoms with Crippen LogP contribution in [0.25, 0.3) is 0 Å². The molecular formula is C19H39O4Sn. The van der Waals surface area contributed by atoms with Gasteiger partial charge in [0.15, 0.2) is 0 Å². The van der Waals surface area contributed by atoms with Crippen LogP contribution in [0.1, 0.15) is 86.0 Å². The number of carboxylic acid groups (broad SMARTS) is 1. The predicted molar refractivity (Wildman–Crippen MR) is 103 cm³/mol. The van der Waals surface area contributed by atoms with E-state index in [1.54, 1.807) is 27.2 Å². The molecule has 0 aromatic carbocycles. The van der Waals surface area contributed by atoms with Crippen molar-refractivity contribution >= 4 is 31.7 Å². The van der Waals surface area contributed by atoms with E-state index in [2.05, 4.69) is 20.8 Å². The number of carbonyl (C=O) groups excluding carboxylic acids is 1. The molecule has 0 fully saturated rings. The third-order valence-corrected chi connectivity index (χ3v) is 12.6. The minimum atomic E-state index is -0.981. The molecule has 1 radical (unpaired) electrons. The van der Waals surface area contributed by atoms with Gasteiger partial charge < -0.3 is 9.84 Å². The Balaban J connectivity index is 0. The summed E-state index contributed by atoms with van der Waals surface area (Å²) < 4.78 is 9.74. The van der Waals surface area contributed by atoms with Crippen LogP contribution in [0, 0.1) is 0 Å². The third-order valence-electron chi connectivity index (χ3n) is 3.56. The van der Waals surface area contributed by atoms with Crippen molar-refractivity contribution in [3.63, 3.8) is 0 Å². The Labute approximate surface area is 156 Å². The van der Waals surface area contributed by atoms with Gasteiger partial charge in [-0.15, -0.1) is 0 Å². The molecular weight excluding hydrogens is 411 g/mol. The van der Waals surface area contributed by atoms with Gasteiger partial charge in [-0.3, -0.25) is 9.59 Å². The van der Waals surface area contributed by atoms with Gasteiger partial charge in [-0.1, -0.05) is 0 Å². The fourth-order valence-corrected chi connectivity index (χ4v) is 11.6. The maximum absolute atomic E-state index is 10.7. The van der Waals surface area contributed by atoms with E-state index in [-0.39, 0.29) is 18.9 Å². The summed E-state index contributed by atoms with van der Waals surface area (Å²) in [5.41, 5.74) is 0. The average molecular weight is 450 g/mol. The summed E-state index contributed by atoms with van der Waals surface area (Å²) in [6.07, 6.45) is 8.47. The Morgan fingerprint density at radius 2 is 1.29 bits per heavy atom. The molecule has 0 amide bonds. The van der Waals surface area contributed by atoms with E-state index in [4.69, 9.17) is 9.84 Å². The van der Waals surface area contributed by atoms with Crippen LogP contribution in [0.4, 0.5) is 0 Å². The Bertz CT molecular complexity index is 287. The van der Waals surface area contributed by atoms with Crippen molar-refractivity contribution < 1.29 is 19.4 Å². The first-order valence-electron chi connectivity index (χ1n) is 9.62. The van der Waals surface area contributed by atoms with Crippen LogP contribution >= 0.6 is 0 Å². The number of hydrogen-bond acceptors (Lipinski definition) is 3. The first-order valence-corrected chi connectivity index (χ1v) is 15.7. The van der Waals surface area contributed by atoms with Gasteiger partial charge in [-0.2, -0.15) is 0 Å². The van der Waals surface area contributed by atoms with Crippen LogP contribution in [-0.2, 0) is 14.3 Å². The zero-order valence-corrected chi connectivity index (χ0v) is 19.4. The maximum atomic E-state index is 10.7. The van der Waals surface area contributed by atoms with Gasteiger partial charge in [0.25, 0.3) is 0 Å². The van der Waals surface area contributed by atoms with Crippen molar-refractivity contribution in [1.82, 2.24) is 0 Å². The molecule has 0 aliphatic carbocycles. The van der Waals surface area contributed by atoms with Crippen molar-refractivity contribution in [1.29, 1.82) is 0 Å². The van der Waals surface area contributed by atoms with Crippen LogP contribution < -0.4 is 0 Å². The molecule has 1 N–H and O–H groups in total. The van der Waals surface area contributed by atoms with Crippen LogP contribution in [0.5, 0.6) is 0 Å². The third kappa shape index (κ3) is 21.7. The quantitative estimate of drug-likeness (QED) is 0.290. The molecule has 0 spiro atoms. The first kappa shape index (κ1) is 26.0. The summed E-state index contributed by atoms with van der Waals surface area (Å²) >= 11 is -0.839. The summed E-state index contributed by atoms with van der Waals surface area (Å²) in [4.78, 5) is 20.7. The van der Waals surface area contributed by atoms with E-state index in [9.17, 15) is 9.59 Å². The average Bonchev–Trinajstić information content (AvgIpc) is 2.52. The Morgan fingerprint density at radius 3 is 1.58 bits per heavy atom. The van der Waals surface area contributed by atoms with Gasteiger partial charge in [0.05, 0.1) is 18.9 Å². The number of esters is 1. The number of hydrogen-bond donors (Lipinski definition) is 1. The molecule has 0 atom stereocenters. The molecule has 0 aliphatic rings. The number of carbonyl (C=O) groups is 2. The normalized spacial score (nSPS) is 10.5. The van der Waals surface area contributed by atoms with E-state index in [0.29, 0.717) is 0 Å². The van der Waals surface area contributed by atoms with Crippen LogP contribution in [0.3, 0.4) is 0 Å². The van der Waals surface area contributed by atoms with Crippen LogP contribution in [0.15, 0.2) is 0 Å². The molecule has 24 heavy (non-hydrogen) atoms. The van der Waals surface area contributed by atoms with Gasteiger partial charge >= 0.3 is 104 Å². The topological polar surface area (TPSA) is 63.6 Å². The second-order valence-electron chi connectivity index (χ2n) is 6.49. The molecule has 0 saturated carbocycles. The summed E-state index contributed by atoms with van der Waals surface area (Å²) in [6.45, 7) is 10.4. The molecule has 143 valence electrons. The zero-order valence-electron chi connectivity index (χ0n) is 16.5. The number of unbranched alkanes of at least 4 members (excludes halogenated alkanes) is 3. The van der Waals surface area contributed by atoms with Crippen molar-refractivity contribution in [2.24, 2.45) is 0 Å². The molecule has 0 aliphatic heterocycles. The van der Waals surface area contributed by atoms with Gasteiger partial charge in [-0.05, 0) is 13.8 Å². The fraction of sp³-hybridized carbons (Fsp3) is 0.895. The molecule has 0 bridgehead atoms. The summed E-state index contributed by atoms with van der Waals surface area (Å²) in [6, 6.07) is 0. The zero-order chi connectivity index (χ0) is 18.8. The summed E-state index contributed by atoms with van der Waals surface area (Å²) in [5, 5.41) is 8.19. The van der Waals surface area contributed by atoms with Crippen molar-refractivity contribution in [3.05, 3.63) is 0 Å². The van der Waals surface area contributed by atoms with Gasteiger partial charge in [0.2, 0.25) is 0 Å². The van der Waals surface area contributed by atoms with Gasteiger partial charge in [0, 0.05) is 0 Å². The van der Waals surface area contributed by atoms with E-state index in [1.807, 2.05) is 0 Å². The SMILES string of the molecule is CC(C)OC(=O)CCC(=O)O.CCC[CH2][Sn]([CH2]CCC)[CH2]CCC. The molecule has 0 aromatic rings.